The fraction of sp³-hybridized carbons (Fsp3) is 0.579. The molecule has 1 aliphatic rings. The fourth-order valence-corrected chi connectivity index (χ4v) is 3.16. The van der Waals surface area contributed by atoms with E-state index in [0.29, 0.717) is 28.2 Å². The highest BCUT2D eigenvalue weighted by Gasteiger charge is 2.23. The summed E-state index contributed by atoms with van der Waals surface area (Å²) >= 11 is 12.7. The van der Waals surface area contributed by atoms with Crippen molar-refractivity contribution >= 4 is 54.1 Å². The molecular weight excluding hydrogens is 513 g/mol. The van der Waals surface area contributed by atoms with Gasteiger partial charge in [-0.15, -0.1) is 0 Å². The van der Waals surface area contributed by atoms with Crippen LogP contribution in [0, 0.1) is 5.92 Å². The number of ether oxygens (including phenoxy) is 1. The second-order valence-electron chi connectivity index (χ2n) is 6.75. The molecule has 1 heterocycles. The normalized spacial score (nSPS) is 20.3. The number of hydrogen-bond acceptors (Lipinski definition) is 6. The highest BCUT2D eigenvalue weighted by atomic mass is 79.9. The van der Waals surface area contributed by atoms with Gasteiger partial charge in [0.15, 0.2) is 6.10 Å². The van der Waals surface area contributed by atoms with Gasteiger partial charge in [-0.05, 0) is 54.1 Å². The van der Waals surface area contributed by atoms with Crippen molar-refractivity contribution in [2.45, 2.75) is 57.4 Å². The van der Waals surface area contributed by atoms with Crippen LogP contribution in [0.25, 0.3) is 0 Å². The maximum atomic E-state index is 12.3. The zero-order valence-corrected chi connectivity index (χ0v) is 20.3. The molecule has 6 nitrogen and oxygen atoms in total. The third-order valence-corrected chi connectivity index (χ3v) is 5.83. The molecule has 1 rings (SSSR count). The summed E-state index contributed by atoms with van der Waals surface area (Å²) in [6, 6.07) is 0. The lowest BCUT2D eigenvalue weighted by Crippen LogP contribution is -2.22. The van der Waals surface area contributed by atoms with Crippen LogP contribution in [-0.2, 0) is 14.4 Å². The fourth-order valence-electron chi connectivity index (χ4n) is 2.36. The largest absolute Gasteiger partial charge is 0.461 e. The lowest BCUT2D eigenvalue weighted by Gasteiger charge is -2.15. The van der Waals surface area contributed by atoms with Crippen molar-refractivity contribution in [1.82, 2.24) is 5.32 Å². The molecule has 158 valence electrons. The van der Waals surface area contributed by atoms with Gasteiger partial charge in [0.25, 0.3) is 0 Å². The Hall–Kier alpha value is -0.990. The molecule has 2 unspecified atom stereocenters. The summed E-state index contributed by atoms with van der Waals surface area (Å²) in [4.78, 5) is 18.1. The van der Waals surface area contributed by atoms with Gasteiger partial charge in [0.05, 0.1) is 6.61 Å². The number of nitrogens with two attached hydrogens (primary N) is 1. The second kappa shape index (κ2) is 13.3. The molecule has 28 heavy (non-hydrogen) atoms. The van der Waals surface area contributed by atoms with E-state index >= 15 is 0 Å². The smallest absolute Gasteiger partial charge is 0.355 e. The number of carbonyl (C=O) groups is 1. The van der Waals surface area contributed by atoms with Crippen molar-refractivity contribution < 1.29 is 14.4 Å². The van der Waals surface area contributed by atoms with Crippen molar-refractivity contribution in [2.75, 3.05) is 6.61 Å². The van der Waals surface area contributed by atoms with Crippen LogP contribution in [-0.4, -0.2) is 28.1 Å². The first-order valence-corrected chi connectivity index (χ1v) is 11.3. The Bertz CT molecular complexity index is 646. The summed E-state index contributed by atoms with van der Waals surface area (Å²) in [5.41, 5.74) is 8.42. The molecule has 0 aliphatic carbocycles. The van der Waals surface area contributed by atoms with Gasteiger partial charge in [-0.3, -0.25) is 0 Å². The lowest BCUT2D eigenvalue weighted by atomic mass is 10.0. The molecule has 0 saturated heterocycles. The van der Waals surface area contributed by atoms with Gasteiger partial charge in [0.2, 0.25) is 0 Å². The van der Waals surface area contributed by atoms with Crippen LogP contribution in [0.3, 0.4) is 0 Å². The van der Waals surface area contributed by atoms with E-state index in [-0.39, 0.29) is 17.7 Å². The number of oxime groups is 1. The summed E-state index contributed by atoms with van der Waals surface area (Å²) in [5.74, 6) is -0.246. The molecule has 9 heteroatoms. The number of halogens is 3. The van der Waals surface area contributed by atoms with Crippen LogP contribution in [0.2, 0.25) is 0 Å². The van der Waals surface area contributed by atoms with Crippen molar-refractivity contribution in [3.8, 4) is 0 Å². The Morgan fingerprint density at radius 2 is 2.25 bits per heavy atom. The van der Waals surface area contributed by atoms with Gasteiger partial charge in [-0.1, -0.05) is 46.5 Å². The number of rotatable bonds is 11. The van der Waals surface area contributed by atoms with Crippen LogP contribution in [0.15, 0.2) is 39.9 Å². The molecule has 0 aromatic heterocycles. The molecule has 0 aromatic carbocycles. The number of hydrogen-bond donors (Lipinski definition) is 2. The first-order valence-electron chi connectivity index (χ1n) is 9.16. The number of carbonyl (C=O) groups excluding carboxylic acids is 1. The summed E-state index contributed by atoms with van der Waals surface area (Å²) in [6.45, 7) is 6.30. The van der Waals surface area contributed by atoms with Crippen LogP contribution in [0.5, 0.6) is 0 Å². The van der Waals surface area contributed by atoms with E-state index in [9.17, 15) is 4.79 Å². The average Bonchev–Trinajstić information content (AvgIpc) is 3.09. The molecule has 0 bridgehead atoms. The summed E-state index contributed by atoms with van der Waals surface area (Å²) in [6.07, 6.45) is 6.74. The van der Waals surface area contributed by atoms with Crippen molar-refractivity contribution in [1.29, 1.82) is 0 Å². The number of esters is 1. The Morgan fingerprint density at radius 3 is 2.79 bits per heavy atom. The number of nitrogens with zero attached hydrogens (tertiary/aromatic N) is 1. The summed E-state index contributed by atoms with van der Waals surface area (Å²) in [5, 5.41) is 6.76. The monoisotopic (exact) mass is 539 g/mol. The number of allylic oxidation sites excluding steroid dienone is 1. The zero-order valence-electron chi connectivity index (χ0n) is 16.4. The summed E-state index contributed by atoms with van der Waals surface area (Å²) in [7, 11) is 0. The number of nitrogens with one attached hydrogen (secondary N) is 1. The van der Waals surface area contributed by atoms with Gasteiger partial charge < -0.3 is 20.6 Å². The standard InChI is InChI=1S/C19H28Br2ClN3O3/c1-4-15(20)6-5-12(2)11-27-19(26)16(9-22)24-10-14(7-13(3)23)17-8-18(21)25-28-17/h7,9-10,12,15,17,24H,4-6,8,11,23H2,1-3H3/b13-7+,14-10+,16-9+/t12?,15?,17-/m0/s1. The van der Waals surface area contributed by atoms with E-state index < -0.39 is 5.97 Å². The summed E-state index contributed by atoms with van der Waals surface area (Å²) < 4.78 is 6.09. The van der Waals surface area contributed by atoms with Gasteiger partial charge in [0, 0.05) is 34.3 Å². The van der Waals surface area contributed by atoms with E-state index in [1.807, 2.05) is 0 Å². The average molecular weight is 542 g/mol. The molecule has 0 amide bonds. The maximum Gasteiger partial charge on any atom is 0.355 e. The van der Waals surface area contributed by atoms with Crippen molar-refractivity contribution in [3.63, 3.8) is 0 Å². The molecule has 0 aromatic rings. The third kappa shape index (κ3) is 9.47. The Balaban J connectivity index is 2.62. The number of alkyl halides is 1. The molecule has 0 radical (unpaired) electrons. The highest BCUT2D eigenvalue weighted by Crippen LogP contribution is 2.22. The molecule has 3 N–H and O–H groups in total. The zero-order chi connectivity index (χ0) is 21.1. The van der Waals surface area contributed by atoms with Gasteiger partial charge in [0.1, 0.15) is 10.3 Å². The van der Waals surface area contributed by atoms with E-state index in [2.05, 4.69) is 56.2 Å². The maximum absolute atomic E-state index is 12.3. The van der Waals surface area contributed by atoms with Crippen LogP contribution in [0.4, 0.5) is 0 Å². The Labute approximate surface area is 188 Å². The topological polar surface area (TPSA) is 85.9 Å². The minimum atomic E-state index is -0.512. The minimum absolute atomic E-state index is 0.138. The predicted molar refractivity (Wildman–Crippen MR) is 121 cm³/mol. The first kappa shape index (κ1) is 25.0. The van der Waals surface area contributed by atoms with Crippen molar-refractivity contribution in [3.05, 3.63) is 34.8 Å². The van der Waals surface area contributed by atoms with Gasteiger partial charge >= 0.3 is 5.97 Å². The van der Waals surface area contributed by atoms with Gasteiger partial charge in [-0.25, -0.2) is 4.79 Å². The molecular formula is C19H28Br2ClN3O3. The third-order valence-electron chi connectivity index (χ3n) is 4.04. The molecule has 3 atom stereocenters. The quantitative estimate of drug-likeness (QED) is 0.166. The minimum Gasteiger partial charge on any atom is -0.461 e. The SMILES string of the molecule is CCC(Br)CCC(C)COC(=O)/C(=C\Cl)N/C=C(\C=C(/C)N)[C@@H]1CC(Br)=NO1. The van der Waals surface area contributed by atoms with Crippen LogP contribution < -0.4 is 11.1 Å². The van der Waals surface area contributed by atoms with E-state index in [1.165, 1.54) is 0 Å². The lowest BCUT2D eigenvalue weighted by molar-refractivity contribution is -0.140. The Kier molecular flexibility index (Phi) is 11.9. The first-order chi connectivity index (χ1) is 13.3. The predicted octanol–water partition coefficient (Wildman–Crippen LogP) is 5.03. The van der Waals surface area contributed by atoms with Gasteiger partial charge in [-0.2, -0.15) is 0 Å². The highest BCUT2D eigenvalue weighted by molar-refractivity contribution is 9.18. The molecule has 0 fully saturated rings. The molecule has 0 saturated carbocycles. The molecule has 1 aliphatic heterocycles. The van der Waals surface area contributed by atoms with E-state index in [1.54, 1.807) is 19.2 Å². The van der Waals surface area contributed by atoms with Crippen LogP contribution >= 0.6 is 43.5 Å². The molecule has 0 spiro atoms. The van der Waals surface area contributed by atoms with Crippen LogP contribution in [0.1, 0.15) is 46.5 Å². The van der Waals surface area contributed by atoms with E-state index in [0.717, 1.165) is 30.4 Å². The van der Waals surface area contributed by atoms with Crippen molar-refractivity contribution in [2.24, 2.45) is 16.8 Å². The second-order valence-corrected chi connectivity index (χ2v) is 9.18. The van der Waals surface area contributed by atoms with E-state index in [4.69, 9.17) is 26.9 Å². The Morgan fingerprint density at radius 1 is 1.54 bits per heavy atom.